The van der Waals surface area contributed by atoms with Gasteiger partial charge in [0.2, 0.25) is 11.6 Å². The predicted molar refractivity (Wildman–Crippen MR) is 215 cm³/mol. The highest BCUT2D eigenvalue weighted by Crippen LogP contribution is 2.48. The molecule has 9 atom stereocenters. The molecule has 5 bridgehead atoms. The lowest BCUT2D eigenvalue weighted by atomic mass is 9.78. The van der Waals surface area contributed by atoms with Gasteiger partial charge in [-0.25, -0.2) is 0 Å². The molecule has 1 aliphatic carbocycles. The molecule has 1 amide bonds. The van der Waals surface area contributed by atoms with E-state index in [4.69, 9.17) is 23.7 Å². The number of aromatic hydroxyl groups is 1. The molecule has 0 radical (unpaired) electrons. The number of anilines is 1. The summed E-state index contributed by atoms with van der Waals surface area (Å²) in [4.78, 5) is 69.6. The number of phenols is 1. The largest absolute Gasteiger partial charge is 0.507 e. The van der Waals surface area contributed by atoms with Gasteiger partial charge in [0.15, 0.2) is 0 Å². The number of benzene rings is 2. The zero-order valence-corrected chi connectivity index (χ0v) is 34.7. The number of carbonyl (C=O) groups is 5. The third-order valence-electron chi connectivity index (χ3n) is 11.3. The van der Waals surface area contributed by atoms with Crippen LogP contribution in [0.2, 0.25) is 0 Å². The molecular formula is C44H52N2O13. The normalized spacial score (nSPS) is 29.1. The lowest BCUT2D eigenvalue weighted by Crippen LogP contribution is -2.46. The van der Waals surface area contributed by atoms with Gasteiger partial charge >= 0.3 is 11.8 Å². The van der Waals surface area contributed by atoms with Gasteiger partial charge in [-0.15, -0.1) is 0 Å². The topological polar surface area (TPSA) is 216 Å². The average Bonchev–Trinajstić information content (AvgIpc) is 3.47. The standard InChI is InChI=1S/C44H52N2O13/c1-20-13-11-14-21(2)43(54)46-34-33(45-27-15-12-16-28(19-27)55-9)38(51)30-31(39(34)52)37(50)25(6)41-32(30)42(53)44(8,59-41)57-18-17-29(56-10)22(3)40(58-26(7)47)24(5)36(49)23(4)35(20)48/h11-20,22-24,29,35-36,40,45,48-50H,1-10H3,(H,46,54)/t20-,22+,23+,24-,29-,35-,36-,40+,44-/m0/s1. The molecule has 2 aromatic rings. The minimum Gasteiger partial charge on any atom is -0.507 e. The second-order valence-corrected chi connectivity index (χ2v) is 15.4. The highest BCUT2D eigenvalue weighted by atomic mass is 16.7. The molecule has 2 aromatic carbocycles. The van der Waals surface area contributed by atoms with Crippen molar-refractivity contribution in [3.8, 4) is 17.2 Å². The summed E-state index contributed by atoms with van der Waals surface area (Å²) in [5.74, 6) is -9.18. The molecule has 0 saturated carbocycles. The van der Waals surface area contributed by atoms with Gasteiger partial charge in [0.05, 0.1) is 48.4 Å². The Morgan fingerprint density at radius 2 is 1.61 bits per heavy atom. The van der Waals surface area contributed by atoms with E-state index in [1.807, 2.05) is 0 Å². The zero-order chi connectivity index (χ0) is 43.7. The van der Waals surface area contributed by atoms with E-state index in [0.29, 0.717) is 11.4 Å². The van der Waals surface area contributed by atoms with Crippen molar-refractivity contribution in [1.82, 2.24) is 5.32 Å². The molecule has 0 unspecified atom stereocenters. The number of hydrogen-bond acceptors (Lipinski definition) is 14. The van der Waals surface area contributed by atoms with Gasteiger partial charge in [0.1, 0.15) is 34.7 Å². The number of ether oxygens (including phenoxy) is 5. The first kappa shape index (κ1) is 44.3. The summed E-state index contributed by atoms with van der Waals surface area (Å²) in [6.45, 7) is 12.3. The van der Waals surface area contributed by atoms with Crippen molar-refractivity contribution in [2.24, 2.45) is 23.7 Å². The molecule has 0 aromatic heterocycles. The Labute approximate surface area is 342 Å². The van der Waals surface area contributed by atoms with Crippen LogP contribution in [-0.4, -0.2) is 89.0 Å². The van der Waals surface area contributed by atoms with Crippen LogP contribution in [0.3, 0.4) is 0 Å². The van der Waals surface area contributed by atoms with Crippen molar-refractivity contribution in [3.05, 3.63) is 94.1 Å². The zero-order valence-electron chi connectivity index (χ0n) is 34.7. The number of aliphatic hydroxyl groups excluding tert-OH is 2. The number of ketones is 3. The van der Waals surface area contributed by atoms with Gasteiger partial charge < -0.3 is 49.6 Å². The highest BCUT2D eigenvalue weighted by Gasteiger charge is 2.53. The van der Waals surface area contributed by atoms with Crippen LogP contribution in [0.15, 0.2) is 71.8 Å². The number of amides is 1. The van der Waals surface area contributed by atoms with E-state index in [1.54, 1.807) is 64.1 Å². The monoisotopic (exact) mass is 816 g/mol. The number of methoxy groups -OCH3 is 2. The molecule has 3 heterocycles. The van der Waals surface area contributed by atoms with E-state index < -0.39 is 111 Å². The molecule has 0 saturated heterocycles. The third kappa shape index (κ3) is 8.54. The van der Waals surface area contributed by atoms with Gasteiger partial charge in [0.25, 0.3) is 11.7 Å². The molecule has 15 heteroatoms. The Morgan fingerprint density at radius 1 is 0.915 bits per heavy atom. The van der Waals surface area contributed by atoms with Crippen LogP contribution in [0.1, 0.15) is 85.1 Å². The van der Waals surface area contributed by atoms with E-state index in [1.165, 1.54) is 54.1 Å². The van der Waals surface area contributed by atoms with Gasteiger partial charge in [-0.1, -0.05) is 52.0 Å². The van der Waals surface area contributed by atoms with Crippen LogP contribution in [0, 0.1) is 30.6 Å². The van der Waals surface area contributed by atoms with E-state index in [2.05, 4.69) is 10.6 Å². The molecular weight excluding hydrogens is 764 g/mol. The quantitative estimate of drug-likeness (QED) is 0.249. The summed E-state index contributed by atoms with van der Waals surface area (Å²) in [6.07, 6.45) is 3.27. The highest BCUT2D eigenvalue weighted by molar-refractivity contribution is 6.33. The number of fused-ring (bicyclic) bond motifs is 14. The number of nitrogens with one attached hydrogen (secondary N) is 2. The Morgan fingerprint density at radius 3 is 2.25 bits per heavy atom. The van der Waals surface area contributed by atoms with Gasteiger partial charge in [-0.05, 0) is 32.1 Å². The minimum atomic E-state index is -2.11. The SMILES string of the molecule is COc1cccc(NC2=C3NC(=O)C(C)=CC=C[C@H](C)[C@H](O)[C@@H](C)[C@H](O)[C@H](C)[C@H](OC(C)=O)[C@H](C)[C@@H](OC)C=CO[C@@]4(C)Oc5c(C)c(O)c(c(c5C4=O)C2=O)C3=O)c1. The number of rotatable bonds is 5. The van der Waals surface area contributed by atoms with Crippen LogP contribution >= 0.6 is 0 Å². The van der Waals surface area contributed by atoms with Gasteiger partial charge in [0, 0.05) is 67.5 Å². The van der Waals surface area contributed by atoms with Crippen molar-refractivity contribution >= 4 is 34.9 Å². The molecule has 5 N–H and O–H groups in total. The van der Waals surface area contributed by atoms with E-state index in [0.717, 1.165) is 6.26 Å². The maximum absolute atomic E-state index is 14.7. The number of allylic oxidation sites excluding steroid dienone is 4. The van der Waals surface area contributed by atoms with Crippen molar-refractivity contribution in [2.75, 3.05) is 19.5 Å². The summed E-state index contributed by atoms with van der Waals surface area (Å²) >= 11 is 0. The summed E-state index contributed by atoms with van der Waals surface area (Å²) in [5.41, 5.74) is -1.79. The maximum Gasteiger partial charge on any atom is 0.312 e. The lowest BCUT2D eigenvalue weighted by molar-refractivity contribution is -0.160. The first-order valence-corrected chi connectivity index (χ1v) is 19.2. The predicted octanol–water partition coefficient (Wildman–Crippen LogP) is 5.08. The summed E-state index contributed by atoms with van der Waals surface area (Å²) in [5, 5.41) is 39.8. The number of aliphatic hydroxyl groups is 2. The maximum atomic E-state index is 14.7. The van der Waals surface area contributed by atoms with Crippen LogP contribution in [0.4, 0.5) is 5.69 Å². The number of hydrogen-bond donors (Lipinski definition) is 5. The Bertz CT molecular complexity index is 2170. The van der Waals surface area contributed by atoms with E-state index in [-0.39, 0.29) is 22.4 Å². The fraction of sp³-hybridized carbons (Fsp3) is 0.432. The fourth-order valence-corrected chi connectivity index (χ4v) is 7.66. The minimum absolute atomic E-state index is 0.0307. The van der Waals surface area contributed by atoms with Crippen molar-refractivity contribution in [1.29, 1.82) is 0 Å². The molecule has 15 nitrogen and oxygen atoms in total. The smallest absolute Gasteiger partial charge is 0.312 e. The van der Waals surface area contributed by atoms with Crippen molar-refractivity contribution in [3.63, 3.8) is 0 Å². The third-order valence-corrected chi connectivity index (χ3v) is 11.3. The molecule has 6 rings (SSSR count). The lowest BCUT2D eigenvalue weighted by Gasteiger charge is -2.38. The molecule has 3 aliphatic heterocycles. The second-order valence-electron chi connectivity index (χ2n) is 15.4. The van der Waals surface area contributed by atoms with Crippen LogP contribution in [0.25, 0.3) is 0 Å². The van der Waals surface area contributed by atoms with Crippen LogP contribution in [0.5, 0.6) is 17.2 Å². The van der Waals surface area contributed by atoms with Crippen molar-refractivity contribution in [2.45, 2.75) is 85.6 Å². The molecule has 59 heavy (non-hydrogen) atoms. The van der Waals surface area contributed by atoms with Gasteiger partial charge in [-0.3, -0.25) is 24.0 Å². The van der Waals surface area contributed by atoms with Crippen molar-refractivity contribution < 1.29 is 63.0 Å². The number of esters is 1. The Hall–Kier alpha value is -5.77. The number of Topliss-reactive ketones (excluding diaryl/α,β-unsaturated/α-hetero) is 3. The summed E-state index contributed by atoms with van der Waals surface area (Å²) in [6, 6.07) is 6.44. The first-order chi connectivity index (χ1) is 27.8. The molecule has 0 spiro atoms. The average molecular weight is 817 g/mol. The van der Waals surface area contributed by atoms with E-state index in [9.17, 15) is 39.3 Å². The Kier molecular flexibility index (Phi) is 13.2. The van der Waals surface area contributed by atoms with E-state index >= 15 is 0 Å². The van der Waals surface area contributed by atoms with Gasteiger partial charge in [-0.2, -0.15) is 0 Å². The summed E-state index contributed by atoms with van der Waals surface area (Å²) in [7, 11) is 2.87. The molecule has 4 aliphatic rings. The molecule has 0 fully saturated rings. The van der Waals surface area contributed by atoms with Crippen LogP contribution in [-0.2, 0) is 23.8 Å². The first-order valence-electron chi connectivity index (χ1n) is 19.2. The number of phenolic OH excluding ortho intramolecular Hbond substituents is 1. The Balaban J connectivity index is 1.69. The summed E-state index contributed by atoms with van der Waals surface area (Å²) < 4.78 is 28.8. The van der Waals surface area contributed by atoms with Crippen LogP contribution < -0.4 is 20.1 Å². The molecule has 316 valence electrons. The fourth-order valence-electron chi connectivity index (χ4n) is 7.66. The number of carbonyl (C=O) groups excluding carboxylic acids is 5. The second kappa shape index (κ2) is 17.6.